The molecule has 5 heteroatoms. The van der Waals surface area contributed by atoms with Gasteiger partial charge in [0.25, 0.3) is 0 Å². The van der Waals surface area contributed by atoms with E-state index in [4.69, 9.17) is 9.15 Å². The van der Waals surface area contributed by atoms with Gasteiger partial charge in [0.2, 0.25) is 0 Å². The Balaban J connectivity index is 1.69. The van der Waals surface area contributed by atoms with Crippen LogP contribution in [0.5, 0.6) is 5.75 Å². The molecule has 0 amide bonds. The summed E-state index contributed by atoms with van der Waals surface area (Å²) >= 11 is 0. The third-order valence-electron chi connectivity index (χ3n) is 5.77. The lowest BCUT2D eigenvalue weighted by molar-refractivity contribution is 0.338. The van der Waals surface area contributed by atoms with E-state index in [1.807, 2.05) is 6.92 Å². The number of fused-ring (bicyclic) bond motifs is 1. The zero-order valence-corrected chi connectivity index (χ0v) is 19.0. The van der Waals surface area contributed by atoms with E-state index in [0.29, 0.717) is 47.5 Å². The van der Waals surface area contributed by atoms with Crippen molar-refractivity contribution in [1.29, 1.82) is 0 Å². The summed E-state index contributed by atoms with van der Waals surface area (Å²) < 4.78 is 40.1. The minimum atomic E-state index is -0.643. The highest BCUT2D eigenvalue weighted by atomic mass is 19.1. The average molecular weight is 443 g/mol. The SMILES string of the molecule is CCCCCCCCc1cc2ccc(CCc3ccc(OCC)cc3F)c(F)c2c(=O)o1. The Morgan fingerprint density at radius 1 is 0.844 bits per heavy atom. The minimum absolute atomic E-state index is 0.0265. The van der Waals surface area contributed by atoms with Gasteiger partial charge in [-0.15, -0.1) is 0 Å². The summed E-state index contributed by atoms with van der Waals surface area (Å²) in [6.45, 7) is 4.49. The molecule has 0 atom stereocenters. The summed E-state index contributed by atoms with van der Waals surface area (Å²) in [5.74, 6) is 0.117. The number of rotatable bonds is 12. The van der Waals surface area contributed by atoms with Gasteiger partial charge in [-0.25, -0.2) is 13.6 Å². The first-order chi connectivity index (χ1) is 15.5. The molecule has 2 aromatic carbocycles. The number of aryl methyl sites for hydroxylation is 3. The first-order valence-electron chi connectivity index (χ1n) is 11.7. The van der Waals surface area contributed by atoms with Crippen LogP contribution in [-0.4, -0.2) is 6.61 Å². The van der Waals surface area contributed by atoms with Crippen molar-refractivity contribution in [2.45, 2.75) is 71.6 Å². The van der Waals surface area contributed by atoms with E-state index >= 15 is 4.39 Å². The van der Waals surface area contributed by atoms with Gasteiger partial charge in [0.05, 0.1) is 6.61 Å². The molecule has 0 saturated heterocycles. The van der Waals surface area contributed by atoms with E-state index in [2.05, 4.69) is 6.92 Å². The average Bonchev–Trinajstić information content (AvgIpc) is 2.77. The molecular weight excluding hydrogens is 410 g/mol. The van der Waals surface area contributed by atoms with Crippen LogP contribution in [0.25, 0.3) is 10.8 Å². The number of hydrogen-bond donors (Lipinski definition) is 0. The van der Waals surface area contributed by atoms with Crippen molar-refractivity contribution in [3.05, 3.63) is 75.3 Å². The summed E-state index contributed by atoms with van der Waals surface area (Å²) in [5, 5.41) is 0.525. The predicted octanol–water partition coefficient (Wildman–Crippen LogP) is 7.16. The van der Waals surface area contributed by atoms with E-state index < -0.39 is 11.4 Å². The summed E-state index contributed by atoms with van der Waals surface area (Å²) in [7, 11) is 0. The molecule has 172 valence electrons. The zero-order chi connectivity index (χ0) is 22.9. The molecule has 3 aromatic rings. The highest BCUT2D eigenvalue weighted by Gasteiger charge is 2.14. The molecule has 0 radical (unpaired) electrons. The van der Waals surface area contributed by atoms with E-state index in [-0.39, 0.29) is 17.6 Å². The van der Waals surface area contributed by atoms with Crippen LogP contribution >= 0.6 is 0 Å². The molecule has 1 heterocycles. The smallest absolute Gasteiger partial charge is 0.346 e. The van der Waals surface area contributed by atoms with Crippen molar-refractivity contribution in [1.82, 2.24) is 0 Å². The highest BCUT2D eigenvalue weighted by molar-refractivity contribution is 5.82. The van der Waals surface area contributed by atoms with E-state index in [0.717, 1.165) is 12.8 Å². The topological polar surface area (TPSA) is 39.4 Å². The van der Waals surface area contributed by atoms with E-state index in [9.17, 15) is 9.18 Å². The summed E-state index contributed by atoms with van der Waals surface area (Å²) in [6.07, 6.45) is 8.19. The van der Waals surface area contributed by atoms with Crippen LogP contribution in [0, 0.1) is 11.6 Å². The van der Waals surface area contributed by atoms with Gasteiger partial charge in [-0.1, -0.05) is 57.2 Å². The maximum absolute atomic E-state index is 15.1. The maximum atomic E-state index is 15.1. The third-order valence-corrected chi connectivity index (χ3v) is 5.77. The fourth-order valence-electron chi connectivity index (χ4n) is 3.99. The van der Waals surface area contributed by atoms with Crippen molar-refractivity contribution < 1.29 is 17.9 Å². The van der Waals surface area contributed by atoms with Crippen molar-refractivity contribution >= 4 is 10.8 Å². The second-order valence-electron chi connectivity index (χ2n) is 8.21. The fourth-order valence-corrected chi connectivity index (χ4v) is 3.99. The molecule has 0 bridgehead atoms. The van der Waals surface area contributed by atoms with E-state index in [1.54, 1.807) is 30.3 Å². The quantitative estimate of drug-likeness (QED) is 0.279. The second-order valence-corrected chi connectivity index (χ2v) is 8.21. The first-order valence-corrected chi connectivity index (χ1v) is 11.7. The first kappa shape index (κ1) is 24.0. The highest BCUT2D eigenvalue weighted by Crippen LogP contribution is 2.23. The van der Waals surface area contributed by atoms with Gasteiger partial charge in [0.1, 0.15) is 28.5 Å². The number of unbranched alkanes of at least 4 members (excludes halogenated alkanes) is 5. The molecule has 3 nitrogen and oxygen atoms in total. The van der Waals surface area contributed by atoms with Gasteiger partial charge >= 0.3 is 5.63 Å². The zero-order valence-electron chi connectivity index (χ0n) is 19.0. The second kappa shape index (κ2) is 11.8. The van der Waals surface area contributed by atoms with Crippen LogP contribution in [0.1, 0.15) is 69.3 Å². The van der Waals surface area contributed by atoms with Gasteiger partial charge in [-0.05, 0) is 54.8 Å². The Kier molecular flexibility index (Phi) is 8.83. The molecule has 0 saturated carbocycles. The van der Waals surface area contributed by atoms with Gasteiger partial charge in [-0.3, -0.25) is 0 Å². The Bertz CT molecular complexity index is 1090. The Labute approximate surface area is 188 Å². The van der Waals surface area contributed by atoms with Crippen LogP contribution in [-0.2, 0) is 19.3 Å². The minimum Gasteiger partial charge on any atom is -0.494 e. The summed E-state index contributed by atoms with van der Waals surface area (Å²) in [4.78, 5) is 12.5. The van der Waals surface area contributed by atoms with Crippen LogP contribution in [0.15, 0.2) is 45.6 Å². The molecule has 0 spiro atoms. The molecule has 1 aromatic heterocycles. The lowest BCUT2D eigenvalue weighted by Crippen LogP contribution is -2.07. The monoisotopic (exact) mass is 442 g/mol. The van der Waals surface area contributed by atoms with Gasteiger partial charge in [0, 0.05) is 12.5 Å². The van der Waals surface area contributed by atoms with Crippen molar-refractivity contribution in [3.8, 4) is 5.75 Å². The molecule has 0 fully saturated rings. The van der Waals surface area contributed by atoms with Crippen molar-refractivity contribution in [2.24, 2.45) is 0 Å². The van der Waals surface area contributed by atoms with Gasteiger partial charge in [0.15, 0.2) is 0 Å². The number of ether oxygens (including phenoxy) is 1. The lowest BCUT2D eigenvalue weighted by Gasteiger charge is -2.09. The molecule has 0 N–H and O–H groups in total. The van der Waals surface area contributed by atoms with E-state index in [1.165, 1.54) is 31.7 Å². The van der Waals surface area contributed by atoms with Crippen molar-refractivity contribution in [3.63, 3.8) is 0 Å². The Hall–Kier alpha value is -2.69. The standard InChI is InChI=1S/C27H32F2O3/c1-3-5-6-7-8-9-10-23-17-21-14-13-20(26(29)25(21)27(30)32-23)12-11-19-15-16-22(31-4-2)18-24(19)28/h13-18H,3-12H2,1-2H3. The predicted molar refractivity (Wildman–Crippen MR) is 124 cm³/mol. The fraction of sp³-hybridized carbons (Fsp3) is 0.444. The molecule has 0 aliphatic heterocycles. The summed E-state index contributed by atoms with van der Waals surface area (Å²) in [6, 6.07) is 9.90. The van der Waals surface area contributed by atoms with Gasteiger partial charge < -0.3 is 9.15 Å². The maximum Gasteiger partial charge on any atom is 0.346 e. The molecule has 0 unspecified atom stereocenters. The van der Waals surface area contributed by atoms with Crippen LogP contribution in [0.2, 0.25) is 0 Å². The number of halogens is 2. The molecular formula is C27H32F2O3. The van der Waals surface area contributed by atoms with Crippen LogP contribution < -0.4 is 10.4 Å². The lowest BCUT2D eigenvalue weighted by atomic mass is 10.00. The normalized spacial score (nSPS) is 11.2. The Morgan fingerprint density at radius 3 is 2.31 bits per heavy atom. The molecule has 32 heavy (non-hydrogen) atoms. The third kappa shape index (κ3) is 6.18. The number of hydrogen-bond acceptors (Lipinski definition) is 3. The van der Waals surface area contributed by atoms with Crippen LogP contribution in [0.4, 0.5) is 8.78 Å². The largest absolute Gasteiger partial charge is 0.494 e. The molecule has 0 aliphatic carbocycles. The Morgan fingerprint density at radius 2 is 1.56 bits per heavy atom. The molecule has 0 aliphatic rings. The molecule has 3 rings (SSSR count). The van der Waals surface area contributed by atoms with Crippen LogP contribution in [0.3, 0.4) is 0 Å². The van der Waals surface area contributed by atoms with Gasteiger partial charge in [-0.2, -0.15) is 0 Å². The summed E-state index contributed by atoms with van der Waals surface area (Å²) in [5.41, 5.74) is 0.214. The number of benzene rings is 2. The van der Waals surface area contributed by atoms with Crippen molar-refractivity contribution in [2.75, 3.05) is 6.61 Å².